The Kier molecular flexibility index (Phi) is 10.1. The van der Waals surface area contributed by atoms with Gasteiger partial charge in [-0.25, -0.2) is 13.1 Å². The standard InChI is InChI=1S/C23H42N4O6S/c1-22(2,15-33-20-8-6-7-13-32-20)18(24)14-19(28)25-21(29)23(3,4)26-16-9-11-17(12-10-16)27-34(5,30)31/h14,16-17,20,26-27H,6-13,15,24H2,1-5H3,(H,25,28,29). The highest BCUT2D eigenvalue weighted by Crippen LogP contribution is 2.25. The number of carbonyl (C=O) groups excluding carboxylic acids is 2. The van der Waals surface area contributed by atoms with Gasteiger partial charge in [0.1, 0.15) is 0 Å². The van der Waals surface area contributed by atoms with Gasteiger partial charge in [-0.1, -0.05) is 13.8 Å². The van der Waals surface area contributed by atoms with E-state index in [2.05, 4.69) is 15.4 Å². The van der Waals surface area contributed by atoms with Crippen molar-refractivity contribution in [3.05, 3.63) is 11.8 Å². The Morgan fingerprint density at radius 2 is 1.68 bits per heavy atom. The first-order chi connectivity index (χ1) is 15.7. The monoisotopic (exact) mass is 502 g/mol. The Labute approximate surface area is 203 Å². The van der Waals surface area contributed by atoms with Gasteiger partial charge in [0.25, 0.3) is 5.91 Å². The lowest BCUT2D eigenvalue weighted by atomic mass is 9.89. The van der Waals surface area contributed by atoms with Crippen LogP contribution in [0.1, 0.15) is 72.6 Å². The predicted molar refractivity (Wildman–Crippen MR) is 130 cm³/mol. The SMILES string of the molecule is CC(C)(COC1CCCCO1)C(N)=CC(=O)NC(=O)C(C)(C)NC1CCC(NS(C)(=O)=O)CC1. The smallest absolute Gasteiger partial charge is 0.252 e. The molecule has 5 N–H and O–H groups in total. The second kappa shape index (κ2) is 11.9. The number of rotatable bonds is 10. The summed E-state index contributed by atoms with van der Waals surface area (Å²) >= 11 is 0. The fourth-order valence-electron chi connectivity index (χ4n) is 4.10. The molecular formula is C23H42N4O6S. The van der Waals surface area contributed by atoms with Crippen LogP contribution < -0.4 is 21.1 Å². The summed E-state index contributed by atoms with van der Waals surface area (Å²) in [5, 5.41) is 5.70. The van der Waals surface area contributed by atoms with E-state index < -0.39 is 32.8 Å². The fraction of sp³-hybridized carbons (Fsp3) is 0.826. The maximum absolute atomic E-state index is 12.8. The summed E-state index contributed by atoms with van der Waals surface area (Å²) in [5.41, 5.74) is 4.89. The van der Waals surface area contributed by atoms with Crippen LogP contribution in [0.2, 0.25) is 0 Å². The van der Waals surface area contributed by atoms with E-state index in [0.717, 1.165) is 38.4 Å². The van der Waals surface area contributed by atoms with Gasteiger partial charge in [-0.05, 0) is 58.8 Å². The summed E-state index contributed by atoms with van der Waals surface area (Å²) in [7, 11) is -3.24. The van der Waals surface area contributed by atoms with Crippen molar-refractivity contribution in [3.8, 4) is 0 Å². The van der Waals surface area contributed by atoms with Crippen molar-refractivity contribution in [3.63, 3.8) is 0 Å². The largest absolute Gasteiger partial charge is 0.401 e. The first kappa shape index (κ1) is 28.7. The molecule has 34 heavy (non-hydrogen) atoms. The molecule has 1 saturated heterocycles. The maximum atomic E-state index is 12.8. The van der Waals surface area contributed by atoms with Gasteiger partial charge in [-0.2, -0.15) is 0 Å². The molecule has 11 heteroatoms. The van der Waals surface area contributed by atoms with Crippen molar-refractivity contribution >= 4 is 21.8 Å². The minimum atomic E-state index is -3.24. The van der Waals surface area contributed by atoms with Gasteiger partial charge in [0.05, 0.1) is 18.4 Å². The van der Waals surface area contributed by atoms with Gasteiger partial charge in [0.2, 0.25) is 15.9 Å². The number of amides is 2. The molecule has 2 amide bonds. The molecular weight excluding hydrogens is 460 g/mol. The third-order valence-corrected chi connectivity index (χ3v) is 7.07. The molecule has 1 saturated carbocycles. The van der Waals surface area contributed by atoms with Crippen LogP contribution in [-0.4, -0.2) is 63.6 Å². The molecule has 1 atom stereocenters. The van der Waals surface area contributed by atoms with E-state index in [1.54, 1.807) is 13.8 Å². The number of sulfonamides is 1. The summed E-state index contributed by atoms with van der Waals surface area (Å²) in [6, 6.07) is -0.0381. The molecule has 1 aliphatic heterocycles. The molecule has 0 aromatic heterocycles. The number of hydrogen-bond donors (Lipinski definition) is 4. The molecule has 0 aromatic carbocycles. The van der Waals surface area contributed by atoms with E-state index >= 15 is 0 Å². The predicted octanol–water partition coefficient (Wildman–Crippen LogP) is 1.27. The van der Waals surface area contributed by atoms with Crippen molar-refractivity contribution < 1.29 is 27.5 Å². The van der Waals surface area contributed by atoms with E-state index in [0.29, 0.717) is 31.8 Å². The Balaban J connectivity index is 1.83. The van der Waals surface area contributed by atoms with E-state index in [9.17, 15) is 18.0 Å². The highest BCUT2D eigenvalue weighted by atomic mass is 32.2. The number of nitrogens with one attached hydrogen (secondary N) is 3. The summed E-state index contributed by atoms with van der Waals surface area (Å²) in [6.45, 7) is 8.15. The third-order valence-electron chi connectivity index (χ3n) is 6.31. The van der Waals surface area contributed by atoms with Crippen molar-refractivity contribution in [2.45, 2.75) is 96.6 Å². The molecule has 1 heterocycles. The van der Waals surface area contributed by atoms with Gasteiger partial charge in [0.15, 0.2) is 6.29 Å². The molecule has 10 nitrogen and oxygen atoms in total. The molecule has 2 aliphatic rings. The number of nitrogens with two attached hydrogens (primary N) is 1. The van der Waals surface area contributed by atoms with Crippen LogP contribution in [0.15, 0.2) is 11.8 Å². The summed E-state index contributed by atoms with van der Waals surface area (Å²) in [4.78, 5) is 25.3. The van der Waals surface area contributed by atoms with Gasteiger partial charge >= 0.3 is 0 Å². The van der Waals surface area contributed by atoms with Crippen LogP contribution >= 0.6 is 0 Å². The molecule has 0 spiro atoms. The molecule has 0 aromatic rings. The van der Waals surface area contributed by atoms with Crippen LogP contribution in [0.5, 0.6) is 0 Å². The zero-order valence-corrected chi connectivity index (χ0v) is 21.9. The topological polar surface area (TPSA) is 149 Å². The summed E-state index contributed by atoms with van der Waals surface area (Å²) in [5.74, 6) is -1.04. The third kappa shape index (κ3) is 9.61. The Morgan fingerprint density at radius 1 is 1.06 bits per heavy atom. The lowest BCUT2D eigenvalue weighted by molar-refractivity contribution is -0.173. The van der Waals surface area contributed by atoms with Gasteiger partial charge < -0.3 is 20.5 Å². The second-order valence-electron chi connectivity index (χ2n) is 10.6. The number of hydrogen-bond acceptors (Lipinski definition) is 8. The van der Waals surface area contributed by atoms with Crippen LogP contribution in [0.25, 0.3) is 0 Å². The van der Waals surface area contributed by atoms with E-state index in [-0.39, 0.29) is 18.4 Å². The lowest BCUT2D eigenvalue weighted by Crippen LogP contribution is -2.58. The fourth-order valence-corrected chi connectivity index (χ4v) is 4.94. The van der Waals surface area contributed by atoms with Gasteiger partial charge in [-0.3, -0.25) is 14.9 Å². The van der Waals surface area contributed by atoms with Crippen molar-refractivity contribution in [1.29, 1.82) is 0 Å². The minimum Gasteiger partial charge on any atom is -0.401 e. The average Bonchev–Trinajstić information content (AvgIpc) is 2.73. The van der Waals surface area contributed by atoms with Gasteiger partial charge in [0, 0.05) is 35.9 Å². The van der Waals surface area contributed by atoms with Crippen molar-refractivity contribution in [2.24, 2.45) is 11.1 Å². The lowest BCUT2D eigenvalue weighted by Gasteiger charge is -2.35. The first-order valence-electron chi connectivity index (χ1n) is 12.0. The molecule has 1 aliphatic carbocycles. The summed E-state index contributed by atoms with van der Waals surface area (Å²) < 4.78 is 36.8. The van der Waals surface area contributed by atoms with Crippen LogP contribution in [0.3, 0.4) is 0 Å². The highest BCUT2D eigenvalue weighted by Gasteiger charge is 2.33. The Bertz CT molecular complexity index is 842. The molecule has 0 radical (unpaired) electrons. The van der Waals surface area contributed by atoms with Crippen LogP contribution in [-0.2, 0) is 29.1 Å². The zero-order valence-electron chi connectivity index (χ0n) is 21.1. The maximum Gasteiger partial charge on any atom is 0.252 e. The van der Waals surface area contributed by atoms with E-state index in [1.165, 1.54) is 6.08 Å². The van der Waals surface area contributed by atoms with E-state index in [4.69, 9.17) is 15.2 Å². The van der Waals surface area contributed by atoms with Crippen molar-refractivity contribution in [1.82, 2.24) is 15.4 Å². The quantitative estimate of drug-likeness (QED) is 0.326. The Hall–Kier alpha value is -1.53. The Morgan fingerprint density at radius 3 is 2.24 bits per heavy atom. The van der Waals surface area contributed by atoms with E-state index in [1.807, 2.05) is 13.8 Å². The normalized spacial score (nSPS) is 25.1. The minimum absolute atomic E-state index is 0.0483. The first-order valence-corrected chi connectivity index (χ1v) is 13.9. The van der Waals surface area contributed by atoms with Crippen LogP contribution in [0.4, 0.5) is 0 Å². The molecule has 2 rings (SSSR count). The molecule has 196 valence electrons. The number of carbonyl (C=O) groups is 2. The number of imide groups is 1. The van der Waals surface area contributed by atoms with Crippen molar-refractivity contribution in [2.75, 3.05) is 19.5 Å². The van der Waals surface area contributed by atoms with Gasteiger partial charge in [-0.15, -0.1) is 0 Å². The average molecular weight is 503 g/mol. The highest BCUT2D eigenvalue weighted by molar-refractivity contribution is 7.88. The van der Waals surface area contributed by atoms with Crippen LogP contribution in [0, 0.1) is 5.41 Å². The number of ether oxygens (including phenoxy) is 2. The molecule has 2 fully saturated rings. The molecule has 0 bridgehead atoms. The second-order valence-corrected chi connectivity index (χ2v) is 12.4. The zero-order chi connectivity index (χ0) is 25.6. The summed E-state index contributed by atoms with van der Waals surface area (Å²) in [6.07, 6.45) is 7.90. The molecule has 1 unspecified atom stereocenters.